The van der Waals surface area contributed by atoms with E-state index in [0.29, 0.717) is 36.7 Å². The molecule has 2 bridgehead atoms. The maximum Gasteiger partial charge on any atom is 0.368 e. The lowest BCUT2D eigenvalue weighted by Gasteiger charge is -2.67. The van der Waals surface area contributed by atoms with Crippen LogP contribution in [0.5, 0.6) is 5.75 Å². The van der Waals surface area contributed by atoms with Gasteiger partial charge in [0.05, 0.1) is 24.0 Å². The van der Waals surface area contributed by atoms with E-state index in [1.807, 2.05) is 6.92 Å². The molecule has 4 aliphatic rings. The second kappa shape index (κ2) is 8.20. The SMILES string of the molecule is CCOC[C@@H]1CN(C23CC(C2)C3)c2cc(N(C)C)c(O/C=C(\F)C(=O)O)cc2S(=O)(=O)N1. The van der Waals surface area contributed by atoms with E-state index in [9.17, 15) is 17.6 Å². The van der Waals surface area contributed by atoms with Crippen molar-refractivity contribution in [1.82, 2.24) is 4.72 Å². The number of hydrogen-bond donors (Lipinski definition) is 2. The van der Waals surface area contributed by atoms with E-state index >= 15 is 0 Å². The molecule has 1 atom stereocenters. The van der Waals surface area contributed by atoms with Crippen molar-refractivity contribution in [2.75, 3.05) is 43.7 Å². The van der Waals surface area contributed by atoms with Crippen LogP contribution < -0.4 is 19.3 Å². The number of ether oxygens (including phenoxy) is 2. The monoisotopic (exact) mass is 469 g/mol. The van der Waals surface area contributed by atoms with Crippen LogP contribution in [-0.2, 0) is 19.6 Å². The molecule has 0 unspecified atom stereocenters. The summed E-state index contributed by atoms with van der Waals surface area (Å²) in [5.41, 5.74) is 1.01. The molecular formula is C21H28FN3O6S. The summed E-state index contributed by atoms with van der Waals surface area (Å²) < 4.78 is 53.6. The zero-order chi connectivity index (χ0) is 23.3. The number of anilines is 2. The zero-order valence-electron chi connectivity index (χ0n) is 18.3. The number of carboxylic acid groups (broad SMARTS) is 1. The van der Waals surface area contributed by atoms with Crippen LogP contribution in [0.1, 0.15) is 26.2 Å². The molecule has 9 nitrogen and oxygen atoms in total. The van der Waals surface area contributed by atoms with Gasteiger partial charge < -0.3 is 24.4 Å². The normalized spacial score (nSPS) is 28.1. The number of hydrogen-bond acceptors (Lipinski definition) is 7. The molecule has 1 aromatic carbocycles. The van der Waals surface area contributed by atoms with Gasteiger partial charge in [0, 0.05) is 38.9 Å². The number of carbonyl (C=O) groups is 1. The lowest BCUT2D eigenvalue weighted by Crippen LogP contribution is -2.70. The predicted molar refractivity (Wildman–Crippen MR) is 116 cm³/mol. The fourth-order valence-corrected chi connectivity index (χ4v) is 6.19. The fourth-order valence-electron chi connectivity index (χ4n) is 4.77. The number of nitrogens with one attached hydrogen (secondary N) is 1. The van der Waals surface area contributed by atoms with Crippen LogP contribution in [0.25, 0.3) is 0 Å². The molecule has 5 rings (SSSR count). The van der Waals surface area contributed by atoms with Crippen LogP contribution in [0.3, 0.4) is 0 Å². The smallest absolute Gasteiger partial charge is 0.368 e. The van der Waals surface area contributed by atoms with Crippen molar-refractivity contribution < 1.29 is 32.2 Å². The summed E-state index contributed by atoms with van der Waals surface area (Å²) >= 11 is 0. The Balaban J connectivity index is 1.82. The minimum Gasteiger partial charge on any atom is -0.476 e. The van der Waals surface area contributed by atoms with Crippen LogP contribution in [0.4, 0.5) is 15.8 Å². The third kappa shape index (κ3) is 3.93. The van der Waals surface area contributed by atoms with Gasteiger partial charge in [-0.15, -0.1) is 0 Å². The number of benzene rings is 1. The van der Waals surface area contributed by atoms with E-state index in [-0.39, 0.29) is 22.8 Å². The van der Waals surface area contributed by atoms with E-state index in [1.54, 1.807) is 25.1 Å². The van der Waals surface area contributed by atoms with Gasteiger partial charge in [-0.1, -0.05) is 0 Å². The highest BCUT2D eigenvalue weighted by Gasteiger charge is 2.61. The van der Waals surface area contributed by atoms with Crippen LogP contribution >= 0.6 is 0 Å². The summed E-state index contributed by atoms with van der Waals surface area (Å²) in [7, 11) is -0.442. The Morgan fingerprint density at radius 2 is 2.06 bits per heavy atom. The Morgan fingerprint density at radius 3 is 2.59 bits per heavy atom. The Labute approximate surface area is 186 Å². The molecule has 0 saturated heterocycles. The molecular weight excluding hydrogens is 441 g/mol. The van der Waals surface area contributed by atoms with Crippen molar-refractivity contribution in [2.24, 2.45) is 5.92 Å². The van der Waals surface area contributed by atoms with E-state index in [2.05, 4.69) is 9.62 Å². The van der Waals surface area contributed by atoms with Gasteiger partial charge in [-0.05, 0) is 38.2 Å². The molecule has 0 aromatic heterocycles. The fraction of sp³-hybridized carbons (Fsp3) is 0.571. The average Bonchev–Trinajstić information content (AvgIpc) is 2.75. The molecule has 0 radical (unpaired) electrons. The van der Waals surface area contributed by atoms with Crippen molar-refractivity contribution in [2.45, 2.75) is 42.7 Å². The maximum atomic E-state index is 13.5. The quantitative estimate of drug-likeness (QED) is 0.440. The first-order valence-corrected chi connectivity index (χ1v) is 12.0. The summed E-state index contributed by atoms with van der Waals surface area (Å²) in [6, 6.07) is 2.62. The maximum absolute atomic E-state index is 13.5. The molecule has 1 aliphatic heterocycles. The van der Waals surface area contributed by atoms with E-state index < -0.39 is 27.9 Å². The van der Waals surface area contributed by atoms with Crippen LogP contribution in [-0.4, -0.2) is 64.9 Å². The van der Waals surface area contributed by atoms with Gasteiger partial charge >= 0.3 is 5.97 Å². The summed E-state index contributed by atoms with van der Waals surface area (Å²) in [6.07, 6.45) is 3.53. The van der Waals surface area contributed by atoms with Gasteiger partial charge in [-0.25, -0.2) is 17.9 Å². The van der Waals surface area contributed by atoms with Crippen molar-refractivity contribution in [3.63, 3.8) is 0 Å². The molecule has 32 heavy (non-hydrogen) atoms. The summed E-state index contributed by atoms with van der Waals surface area (Å²) in [5.74, 6) is -2.53. The molecule has 3 saturated carbocycles. The van der Waals surface area contributed by atoms with Gasteiger partial charge in [0.25, 0.3) is 0 Å². The molecule has 2 N–H and O–H groups in total. The standard InChI is InChI=1S/C21H28FN3O6S/c1-4-30-11-14-10-25(21-7-13(8-21)9-21)17-5-16(24(2)3)18(31-12-15(22)20(26)27)6-19(17)32(28,29)23-14/h5-6,12-14,23H,4,7-11H2,1-3H3,(H,26,27)/b15-12-/t13?,14-,21?/m0/s1. The van der Waals surface area contributed by atoms with E-state index in [1.165, 1.54) is 6.07 Å². The van der Waals surface area contributed by atoms with Crippen LogP contribution in [0, 0.1) is 5.92 Å². The molecule has 3 fully saturated rings. The topological polar surface area (TPSA) is 108 Å². The Bertz CT molecular complexity index is 1040. The van der Waals surface area contributed by atoms with Crippen molar-refractivity contribution in [3.8, 4) is 5.75 Å². The lowest BCUT2D eigenvalue weighted by atomic mass is 9.49. The minimum atomic E-state index is -3.94. The van der Waals surface area contributed by atoms with E-state index in [0.717, 1.165) is 19.3 Å². The van der Waals surface area contributed by atoms with Gasteiger partial charge in [0.1, 0.15) is 11.2 Å². The van der Waals surface area contributed by atoms with Gasteiger partial charge in [0.2, 0.25) is 15.9 Å². The molecule has 3 aliphatic carbocycles. The highest BCUT2D eigenvalue weighted by molar-refractivity contribution is 7.89. The van der Waals surface area contributed by atoms with Crippen LogP contribution in [0.2, 0.25) is 0 Å². The number of sulfonamides is 1. The molecule has 1 aromatic rings. The number of carboxylic acids is 1. The lowest BCUT2D eigenvalue weighted by molar-refractivity contribution is -0.134. The number of nitrogens with zero attached hydrogens (tertiary/aromatic N) is 2. The first-order valence-electron chi connectivity index (χ1n) is 10.5. The number of aliphatic carboxylic acids is 1. The molecule has 176 valence electrons. The third-order valence-corrected chi connectivity index (χ3v) is 7.97. The van der Waals surface area contributed by atoms with Crippen molar-refractivity contribution in [3.05, 3.63) is 24.2 Å². The van der Waals surface area contributed by atoms with Crippen LogP contribution in [0.15, 0.2) is 29.1 Å². The Kier molecular flexibility index (Phi) is 5.84. The third-order valence-electron chi connectivity index (χ3n) is 6.42. The predicted octanol–water partition coefficient (Wildman–Crippen LogP) is 2.08. The van der Waals surface area contributed by atoms with Gasteiger partial charge in [0.15, 0.2) is 5.75 Å². The second-order valence-electron chi connectivity index (χ2n) is 8.86. The average molecular weight is 470 g/mol. The van der Waals surface area contributed by atoms with E-state index in [4.69, 9.17) is 14.6 Å². The molecule has 0 spiro atoms. The highest BCUT2D eigenvalue weighted by atomic mass is 32.2. The summed E-state index contributed by atoms with van der Waals surface area (Å²) in [5, 5.41) is 8.76. The second-order valence-corrected chi connectivity index (χ2v) is 10.5. The first kappa shape index (κ1) is 22.8. The van der Waals surface area contributed by atoms with Gasteiger partial charge in [-0.3, -0.25) is 0 Å². The molecule has 1 heterocycles. The zero-order valence-corrected chi connectivity index (χ0v) is 19.1. The Morgan fingerprint density at radius 1 is 1.38 bits per heavy atom. The Hall–Kier alpha value is -2.37. The molecule has 0 amide bonds. The van der Waals surface area contributed by atoms with Crippen molar-refractivity contribution in [1.29, 1.82) is 0 Å². The summed E-state index contributed by atoms with van der Waals surface area (Å²) in [6.45, 7) is 3.05. The van der Waals surface area contributed by atoms with Gasteiger partial charge in [-0.2, -0.15) is 4.39 Å². The number of rotatable bonds is 8. The van der Waals surface area contributed by atoms with Crippen molar-refractivity contribution >= 4 is 27.4 Å². The first-order chi connectivity index (χ1) is 15.1. The largest absolute Gasteiger partial charge is 0.476 e. The molecule has 11 heteroatoms. The number of fused-ring (bicyclic) bond motifs is 1. The number of halogens is 1. The minimum absolute atomic E-state index is 0.0194. The summed E-state index contributed by atoms with van der Waals surface area (Å²) in [4.78, 5) is 14.7. The highest BCUT2D eigenvalue weighted by Crippen LogP contribution is 2.62.